The molecule has 2 aromatic rings. The van der Waals surface area contributed by atoms with Gasteiger partial charge in [-0.15, -0.1) is 0 Å². The van der Waals surface area contributed by atoms with Crippen molar-refractivity contribution in [3.8, 4) is 5.75 Å². The van der Waals surface area contributed by atoms with E-state index < -0.39 is 0 Å². The highest BCUT2D eigenvalue weighted by molar-refractivity contribution is 5.33. The maximum absolute atomic E-state index is 5.84. The molecule has 1 N–H and O–H groups in total. The molecule has 0 fully saturated rings. The van der Waals surface area contributed by atoms with E-state index in [0.29, 0.717) is 0 Å². The smallest absolute Gasteiger partial charge is 0.125 e. The van der Waals surface area contributed by atoms with E-state index in [9.17, 15) is 0 Å². The van der Waals surface area contributed by atoms with Gasteiger partial charge in [0, 0.05) is 6.42 Å². The number of ether oxygens (including phenoxy) is 1. The average Bonchev–Trinajstić information content (AvgIpc) is 2.90. The zero-order chi connectivity index (χ0) is 14.5. The van der Waals surface area contributed by atoms with Crippen molar-refractivity contribution < 1.29 is 9.15 Å². The maximum atomic E-state index is 5.84. The predicted molar refractivity (Wildman–Crippen MR) is 81.2 cm³/mol. The molecule has 0 aliphatic carbocycles. The lowest BCUT2D eigenvalue weighted by Crippen LogP contribution is -2.17. The normalized spacial score (nSPS) is 12.7. The van der Waals surface area contributed by atoms with Crippen molar-refractivity contribution in [2.75, 3.05) is 7.05 Å². The Labute approximate surface area is 121 Å². The fraction of sp³-hybridized carbons (Fsp3) is 0.412. The minimum Gasteiger partial charge on any atom is -0.491 e. The van der Waals surface area contributed by atoms with Crippen molar-refractivity contribution >= 4 is 0 Å². The van der Waals surface area contributed by atoms with Crippen molar-refractivity contribution in [2.45, 2.75) is 39.3 Å². The van der Waals surface area contributed by atoms with Crippen molar-refractivity contribution in [3.05, 3.63) is 53.5 Å². The van der Waals surface area contributed by atoms with Gasteiger partial charge in [-0.2, -0.15) is 0 Å². The number of aryl methyl sites for hydroxylation is 1. The van der Waals surface area contributed by atoms with E-state index in [1.54, 1.807) is 0 Å². The Bertz CT molecular complexity index is 528. The van der Waals surface area contributed by atoms with E-state index in [-0.39, 0.29) is 12.1 Å². The van der Waals surface area contributed by atoms with Gasteiger partial charge >= 0.3 is 0 Å². The Balaban J connectivity index is 2.18. The van der Waals surface area contributed by atoms with Crippen molar-refractivity contribution in [1.29, 1.82) is 0 Å². The Morgan fingerprint density at radius 3 is 2.30 bits per heavy atom. The Hall–Kier alpha value is -1.74. The predicted octanol–water partition coefficient (Wildman–Crippen LogP) is 3.94. The van der Waals surface area contributed by atoms with Gasteiger partial charge in [0.05, 0.1) is 12.1 Å². The van der Waals surface area contributed by atoms with Gasteiger partial charge in [-0.25, -0.2) is 0 Å². The summed E-state index contributed by atoms with van der Waals surface area (Å²) in [5.41, 5.74) is 1.17. The fourth-order valence-electron chi connectivity index (χ4n) is 2.22. The van der Waals surface area contributed by atoms with E-state index >= 15 is 0 Å². The van der Waals surface area contributed by atoms with Gasteiger partial charge in [0.15, 0.2) is 0 Å². The van der Waals surface area contributed by atoms with Crippen LogP contribution in [0.5, 0.6) is 5.75 Å². The number of hydrogen-bond acceptors (Lipinski definition) is 3. The van der Waals surface area contributed by atoms with E-state index in [2.05, 4.69) is 24.4 Å². The second-order valence-corrected chi connectivity index (χ2v) is 5.11. The third-order valence-corrected chi connectivity index (χ3v) is 3.19. The van der Waals surface area contributed by atoms with Crippen LogP contribution in [-0.2, 0) is 6.42 Å². The molecule has 3 nitrogen and oxygen atoms in total. The molecule has 1 heterocycles. The van der Waals surface area contributed by atoms with Gasteiger partial charge in [-0.05, 0) is 50.7 Å². The summed E-state index contributed by atoms with van der Waals surface area (Å²) in [6.07, 6.45) is 1.11. The Morgan fingerprint density at radius 2 is 1.80 bits per heavy atom. The largest absolute Gasteiger partial charge is 0.491 e. The topological polar surface area (TPSA) is 34.4 Å². The quantitative estimate of drug-likeness (QED) is 0.865. The maximum Gasteiger partial charge on any atom is 0.125 e. The van der Waals surface area contributed by atoms with Gasteiger partial charge in [-0.3, -0.25) is 0 Å². The second-order valence-electron chi connectivity index (χ2n) is 5.11. The Kier molecular flexibility index (Phi) is 4.85. The van der Waals surface area contributed by atoms with Crippen LogP contribution in [0.2, 0.25) is 0 Å². The van der Waals surface area contributed by atoms with Crippen LogP contribution >= 0.6 is 0 Å². The molecule has 1 atom stereocenters. The van der Waals surface area contributed by atoms with Gasteiger partial charge in [-0.1, -0.05) is 19.1 Å². The number of furan rings is 1. The summed E-state index contributed by atoms with van der Waals surface area (Å²) in [7, 11) is 1.94. The minimum atomic E-state index is 0.0726. The van der Waals surface area contributed by atoms with Crippen molar-refractivity contribution in [2.24, 2.45) is 0 Å². The van der Waals surface area contributed by atoms with Crippen LogP contribution in [0.15, 0.2) is 40.8 Å². The fourth-order valence-corrected chi connectivity index (χ4v) is 2.22. The van der Waals surface area contributed by atoms with Crippen LogP contribution in [0.4, 0.5) is 0 Å². The summed E-state index contributed by atoms with van der Waals surface area (Å²) in [6, 6.07) is 12.3. The SMILES string of the molecule is CCc1ccc(C(NC)c2ccc(OC(C)C)cc2)o1. The van der Waals surface area contributed by atoms with Crippen LogP contribution < -0.4 is 10.1 Å². The van der Waals surface area contributed by atoms with Crippen LogP contribution in [0, 0.1) is 0 Å². The summed E-state index contributed by atoms with van der Waals surface area (Å²) < 4.78 is 11.5. The molecular formula is C17H23NO2. The van der Waals surface area contributed by atoms with Crippen molar-refractivity contribution in [1.82, 2.24) is 5.32 Å². The summed E-state index contributed by atoms with van der Waals surface area (Å²) in [5.74, 6) is 2.86. The lowest BCUT2D eigenvalue weighted by molar-refractivity contribution is 0.242. The molecule has 0 radical (unpaired) electrons. The molecule has 0 bridgehead atoms. The van der Waals surface area contributed by atoms with E-state index in [1.165, 1.54) is 5.56 Å². The molecule has 20 heavy (non-hydrogen) atoms. The zero-order valence-electron chi connectivity index (χ0n) is 12.6. The third-order valence-electron chi connectivity index (χ3n) is 3.19. The summed E-state index contributed by atoms with van der Waals surface area (Å²) in [6.45, 7) is 6.15. The molecule has 3 heteroatoms. The molecule has 0 saturated heterocycles. The molecule has 0 amide bonds. The van der Waals surface area contributed by atoms with Crippen LogP contribution in [-0.4, -0.2) is 13.2 Å². The van der Waals surface area contributed by atoms with Crippen molar-refractivity contribution in [3.63, 3.8) is 0 Å². The highest BCUT2D eigenvalue weighted by Gasteiger charge is 2.15. The molecule has 0 spiro atoms. The number of nitrogens with one attached hydrogen (secondary N) is 1. The molecule has 0 saturated carbocycles. The molecule has 108 valence electrons. The number of hydrogen-bond donors (Lipinski definition) is 1. The number of benzene rings is 1. The third kappa shape index (κ3) is 3.42. The summed E-state index contributed by atoms with van der Waals surface area (Å²) >= 11 is 0. The molecule has 1 aromatic carbocycles. The van der Waals surface area contributed by atoms with E-state index in [0.717, 1.165) is 23.7 Å². The van der Waals surface area contributed by atoms with E-state index in [4.69, 9.17) is 9.15 Å². The van der Waals surface area contributed by atoms with E-state index in [1.807, 2.05) is 45.2 Å². The first-order valence-corrected chi connectivity index (χ1v) is 7.16. The first-order chi connectivity index (χ1) is 9.63. The average molecular weight is 273 g/mol. The molecule has 0 aliphatic heterocycles. The minimum absolute atomic E-state index is 0.0726. The molecule has 1 unspecified atom stereocenters. The van der Waals surface area contributed by atoms with Gasteiger partial charge in [0.1, 0.15) is 17.3 Å². The van der Waals surface area contributed by atoms with Crippen LogP contribution in [0.3, 0.4) is 0 Å². The zero-order valence-corrected chi connectivity index (χ0v) is 12.6. The van der Waals surface area contributed by atoms with Gasteiger partial charge < -0.3 is 14.5 Å². The standard InChI is InChI=1S/C17H23NO2/c1-5-14-10-11-16(20-14)17(18-4)13-6-8-15(9-7-13)19-12(2)3/h6-12,17-18H,5H2,1-4H3. The summed E-state index contributed by atoms with van der Waals surface area (Å²) in [4.78, 5) is 0. The number of rotatable bonds is 6. The monoisotopic (exact) mass is 273 g/mol. The Morgan fingerprint density at radius 1 is 1.10 bits per heavy atom. The first-order valence-electron chi connectivity index (χ1n) is 7.16. The van der Waals surface area contributed by atoms with Gasteiger partial charge in [0.25, 0.3) is 0 Å². The lowest BCUT2D eigenvalue weighted by Gasteiger charge is -2.15. The molecule has 1 aromatic heterocycles. The van der Waals surface area contributed by atoms with Gasteiger partial charge in [0.2, 0.25) is 0 Å². The molecule has 0 aliphatic rings. The lowest BCUT2D eigenvalue weighted by atomic mass is 10.0. The van der Waals surface area contributed by atoms with Crippen LogP contribution in [0.1, 0.15) is 43.9 Å². The first kappa shape index (κ1) is 14.7. The highest BCUT2D eigenvalue weighted by atomic mass is 16.5. The second kappa shape index (κ2) is 6.62. The summed E-state index contributed by atoms with van der Waals surface area (Å²) in [5, 5.41) is 3.30. The molecule has 2 rings (SSSR count). The highest BCUT2D eigenvalue weighted by Crippen LogP contribution is 2.25. The molecular weight excluding hydrogens is 250 g/mol. The van der Waals surface area contributed by atoms with Crippen LogP contribution in [0.25, 0.3) is 0 Å².